The van der Waals surface area contributed by atoms with Crippen molar-refractivity contribution in [3.8, 4) is 0 Å². The number of morpholine rings is 1. The molecule has 2 saturated heterocycles. The van der Waals surface area contributed by atoms with E-state index in [-0.39, 0.29) is 28.9 Å². The molecule has 3 heterocycles. The molecule has 0 spiro atoms. The number of aromatic nitrogens is 2. The van der Waals surface area contributed by atoms with E-state index in [4.69, 9.17) is 4.74 Å². The molecule has 0 saturated carbocycles. The molecule has 11 heteroatoms. The van der Waals surface area contributed by atoms with Crippen LogP contribution in [-0.4, -0.2) is 52.2 Å². The topological polar surface area (TPSA) is 96.4 Å². The zero-order valence-corrected chi connectivity index (χ0v) is 20.4. The van der Waals surface area contributed by atoms with Gasteiger partial charge >= 0.3 is 5.69 Å². The third-order valence-electron chi connectivity index (χ3n) is 7.79. The lowest BCUT2D eigenvalue weighted by Gasteiger charge is -2.44. The molecular formula is C26H27F3N4O4. The third-order valence-corrected chi connectivity index (χ3v) is 7.79. The molecule has 1 amide bonds. The van der Waals surface area contributed by atoms with Gasteiger partial charge in [0.15, 0.2) is 0 Å². The predicted molar refractivity (Wildman–Crippen MR) is 130 cm³/mol. The van der Waals surface area contributed by atoms with Crippen molar-refractivity contribution in [3.05, 3.63) is 80.3 Å². The number of fused-ring (bicyclic) bond motifs is 3. The Bertz CT molecular complexity index is 1480. The number of H-pyrrole nitrogens is 1. The van der Waals surface area contributed by atoms with Crippen molar-refractivity contribution in [3.63, 3.8) is 0 Å². The number of rotatable bonds is 6. The van der Waals surface area contributed by atoms with Crippen LogP contribution in [0.1, 0.15) is 43.8 Å². The first kappa shape index (κ1) is 25.2. The Balaban J connectivity index is 1.58. The van der Waals surface area contributed by atoms with Gasteiger partial charge in [0.05, 0.1) is 30.2 Å². The molecule has 0 radical (unpaired) electrons. The molecule has 37 heavy (non-hydrogen) atoms. The summed E-state index contributed by atoms with van der Waals surface area (Å²) >= 11 is 0. The van der Waals surface area contributed by atoms with E-state index >= 15 is 0 Å². The summed E-state index contributed by atoms with van der Waals surface area (Å²) in [5.41, 5.74) is -2.06. The summed E-state index contributed by atoms with van der Waals surface area (Å²) in [6, 6.07) is 4.39. The highest BCUT2D eigenvalue weighted by molar-refractivity contribution is 5.82. The van der Waals surface area contributed by atoms with E-state index in [0.717, 1.165) is 29.2 Å². The Morgan fingerprint density at radius 3 is 2.68 bits per heavy atom. The Kier molecular flexibility index (Phi) is 6.45. The maximum absolute atomic E-state index is 14.4. The monoisotopic (exact) mass is 516 g/mol. The van der Waals surface area contributed by atoms with Gasteiger partial charge in [0, 0.05) is 23.2 Å². The highest BCUT2D eigenvalue weighted by Crippen LogP contribution is 2.41. The number of ether oxygens (including phenoxy) is 1. The number of carbonyl (C=O) groups is 1. The number of likely N-dealkylation sites (N-methyl/N-ethyl adjacent to an activating group) is 1. The minimum absolute atomic E-state index is 0.0487. The van der Waals surface area contributed by atoms with Crippen molar-refractivity contribution in [2.24, 2.45) is 0 Å². The number of amides is 1. The molecule has 2 fully saturated rings. The molecule has 0 aliphatic carbocycles. The van der Waals surface area contributed by atoms with E-state index in [2.05, 4.69) is 15.2 Å². The molecule has 2 aliphatic rings. The van der Waals surface area contributed by atoms with Crippen LogP contribution >= 0.6 is 0 Å². The molecule has 8 nitrogen and oxygen atoms in total. The van der Waals surface area contributed by atoms with Crippen LogP contribution in [0.25, 0.3) is 10.9 Å². The maximum Gasteiger partial charge on any atom is 0.329 e. The Labute approximate surface area is 210 Å². The van der Waals surface area contributed by atoms with Gasteiger partial charge in [-0.2, -0.15) is 0 Å². The van der Waals surface area contributed by atoms with Crippen LogP contribution in [0.15, 0.2) is 46.0 Å². The minimum atomic E-state index is -1.31. The van der Waals surface area contributed by atoms with E-state index in [9.17, 15) is 27.6 Å². The summed E-state index contributed by atoms with van der Waals surface area (Å²) in [6.07, 6.45) is 1.58. The van der Waals surface area contributed by atoms with Crippen molar-refractivity contribution in [2.45, 2.75) is 49.9 Å². The average molecular weight is 517 g/mol. The normalized spacial score (nSPS) is 23.2. The second-order valence-corrected chi connectivity index (χ2v) is 9.95. The fraction of sp³-hybridized carbons (Fsp3) is 0.423. The molecule has 196 valence electrons. The van der Waals surface area contributed by atoms with E-state index in [0.29, 0.717) is 25.7 Å². The Morgan fingerprint density at radius 2 is 1.92 bits per heavy atom. The van der Waals surface area contributed by atoms with Gasteiger partial charge in [-0.15, -0.1) is 0 Å². The molecule has 2 aromatic carbocycles. The zero-order valence-electron chi connectivity index (χ0n) is 20.4. The second kappa shape index (κ2) is 9.46. The molecule has 1 aromatic heterocycles. The lowest BCUT2D eigenvalue weighted by molar-refractivity contribution is -0.128. The average Bonchev–Trinajstić information content (AvgIpc) is 3.00. The number of aromatic amines is 1. The van der Waals surface area contributed by atoms with Crippen LogP contribution in [0.4, 0.5) is 13.2 Å². The van der Waals surface area contributed by atoms with Crippen LogP contribution in [0.5, 0.6) is 0 Å². The van der Waals surface area contributed by atoms with Crippen molar-refractivity contribution >= 4 is 16.8 Å². The number of benzene rings is 2. The van der Waals surface area contributed by atoms with E-state index in [1.165, 1.54) is 19.1 Å². The van der Waals surface area contributed by atoms with Gasteiger partial charge in [0.2, 0.25) is 5.91 Å². The SMILES string of the molecule is C[C@H](NC(=O)[C@@H](C[C@]12CC[C@H](COC1)N2C)n1c(=O)[nH]c2ccc(F)cc2c1=O)c1ccc(F)cc1F. The first-order valence-corrected chi connectivity index (χ1v) is 12.1. The molecule has 3 aromatic rings. The molecule has 4 atom stereocenters. The summed E-state index contributed by atoms with van der Waals surface area (Å²) in [6.45, 7) is 2.38. The molecule has 5 rings (SSSR count). The fourth-order valence-electron chi connectivity index (χ4n) is 5.64. The standard InChI is InChI=1S/C26H27F3N4O4/c1-14(18-5-3-16(28)10-20(18)29)30-23(34)22(11-26-8-7-17(32(26)2)12-37-13-26)33-24(35)19-9-15(27)4-6-21(19)31-25(33)36/h3-6,9-10,14,17,22H,7-8,11-13H2,1-2H3,(H,30,34)(H,31,36)/t14-,17+,22+,26+/m0/s1. The Hall–Kier alpha value is -3.44. The number of nitrogens with zero attached hydrogens (tertiary/aromatic N) is 2. The van der Waals surface area contributed by atoms with Crippen molar-refractivity contribution < 1.29 is 22.7 Å². The fourth-order valence-corrected chi connectivity index (χ4v) is 5.64. The number of hydrogen-bond acceptors (Lipinski definition) is 5. The van der Waals surface area contributed by atoms with Crippen LogP contribution in [0.2, 0.25) is 0 Å². The van der Waals surface area contributed by atoms with Crippen LogP contribution in [-0.2, 0) is 9.53 Å². The summed E-state index contributed by atoms with van der Waals surface area (Å²) < 4.78 is 48.4. The van der Waals surface area contributed by atoms with Gasteiger partial charge in [0.25, 0.3) is 5.56 Å². The zero-order chi connectivity index (χ0) is 26.5. The number of carbonyl (C=O) groups excluding carboxylic acids is 1. The van der Waals surface area contributed by atoms with Crippen molar-refractivity contribution in [2.75, 3.05) is 20.3 Å². The quantitative estimate of drug-likeness (QED) is 0.526. The lowest BCUT2D eigenvalue weighted by atomic mass is 9.88. The molecule has 2 bridgehead atoms. The summed E-state index contributed by atoms with van der Waals surface area (Å²) in [5, 5.41) is 2.60. The van der Waals surface area contributed by atoms with Gasteiger partial charge in [-0.3, -0.25) is 14.5 Å². The highest BCUT2D eigenvalue weighted by Gasteiger charge is 2.50. The molecule has 2 aliphatic heterocycles. The van der Waals surface area contributed by atoms with Gasteiger partial charge in [-0.25, -0.2) is 22.5 Å². The van der Waals surface area contributed by atoms with Crippen molar-refractivity contribution in [1.29, 1.82) is 0 Å². The van der Waals surface area contributed by atoms with E-state index < -0.39 is 52.2 Å². The highest BCUT2D eigenvalue weighted by atomic mass is 19.1. The van der Waals surface area contributed by atoms with Crippen LogP contribution in [0.3, 0.4) is 0 Å². The minimum Gasteiger partial charge on any atom is -0.378 e. The number of halogens is 3. The predicted octanol–water partition coefficient (Wildman–Crippen LogP) is 2.78. The Morgan fingerprint density at radius 1 is 1.19 bits per heavy atom. The summed E-state index contributed by atoms with van der Waals surface area (Å²) in [4.78, 5) is 45.0. The van der Waals surface area contributed by atoms with Gasteiger partial charge in [-0.05, 0) is 57.5 Å². The molecular weight excluding hydrogens is 489 g/mol. The largest absolute Gasteiger partial charge is 0.378 e. The summed E-state index contributed by atoms with van der Waals surface area (Å²) in [7, 11) is 1.93. The third kappa shape index (κ3) is 4.46. The summed E-state index contributed by atoms with van der Waals surface area (Å²) in [5.74, 6) is -2.95. The van der Waals surface area contributed by atoms with E-state index in [1.807, 2.05) is 7.05 Å². The van der Waals surface area contributed by atoms with Gasteiger partial charge in [-0.1, -0.05) is 6.07 Å². The van der Waals surface area contributed by atoms with Gasteiger partial charge in [0.1, 0.15) is 23.5 Å². The first-order valence-electron chi connectivity index (χ1n) is 12.1. The molecule has 2 N–H and O–H groups in total. The number of hydrogen-bond donors (Lipinski definition) is 2. The van der Waals surface area contributed by atoms with Gasteiger partial charge < -0.3 is 15.0 Å². The second-order valence-electron chi connectivity index (χ2n) is 9.95. The lowest BCUT2D eigenvalue weighted by Crippen LogP contribution is -2.57. The smallest absolute Gasteiger partial charge is 0.329 e. The first-order chi connectivity index (χ1) is 17.6. The van der Waals surface area contributed by atoms with Crippen molar-refractivity contribution in [1.82, 2.24) is 19.8 Å². The number of nitrogens with one attached hydrogen (secondary N) is 2. The van der Waals surface area contributed by atoms with Crippen LogP contribution < -0.4 is 16.6 Å². The van der Waals surface area contributed by atoms with Crippen LogP contribution in [0, 0.1) is 17.5 Å². The van der Waals surface area contributed by atoms with E-state index in [1.54, 1.807) is 0 Å². The molecule has 0 unspecified atom stereocenters. The maximum atomic E-state index is 14.4.